The number of carboxylic acids is 1. The highest BCUT2D eigenvalue weighted by molar-refractivity contribution is 5.95. The highest BCUT2D eigenvalue weighted by Crippen LogP contribution is 2.75. The van der Waals surface area contributed by atoms with E-state index in [0.717, 1.165) is 38.5 Å². The van der Waals surface area contributed by atoms with Crippen LogP contribution in [0.25, 0.3) is 0 Å². The Labute approximate surface area is 210 Å². The van der Waals surface area contributed by atoms with Gasteiger partial charge in [-0.15, -0.1) is 0 Å². The average molecular weight is 487 g/mol. The topological polar surface area (TPSA) is 94.8 Å². The van der Waals surface area contributed by atoms with E-state index >= 15 is 0 Å². The first-order chi connectivity index (χ1) is 16.1. The summed E-state index contributed by atoms with van der Waals surface area (Å²) < 4.78 is 0. The molecule has 5 nitrogen and oxygen atoms in total. The quantitative estimate of drug-likeness (QED) is 0.487. The minimum absolute atomic E-state index is 0.0509. The number of carbonyl (C=O) groups excluding carboxylic acids is 1. The Morgan fingerprint density at radius 3 is 2.26 bits per heavy atom. The molecule has 0 aromatic heterocycles. The Morgan fingerprint density at radius 1 is 0.971 bits per heavy atom. The zero-order valence-corrected chi connectivity index (χ0v) is 22.6. The molecule has 0 bridgehead atoms. The van der Waals surface area contributed by atoms with Gasteiger partial charge in [-0.2, -0.15) is 0 Å². The van der Waals surface area contributed by atoms with Crippen LogP contribution < -0.4 is 0 Å². The second-order valence-electron chi connectivity index (χ2n) is 14.8. The number of ketones is 1. The number of hydrogen-bond donors (Lipinski definition) is 3. The van der Waals surface area contributed by atoms with Crippen LogP contribution in [0.15, 0.2) is 11.6 Å². The minimum atomic E-state index is -0.740. The van der Waals surface area contributed by atoms with Crippen molar-refractivity contribution in [3.63, 3.8) is 0 Å². The molecule has 0 aromatic rings. The highest BCUT2D eigenvalue weighted by Gasteiger charge is 2.70. The summed E-state index contributed by atoms with van der Waals surface area (Å²) in [5.74, 6) is -0.423. The monoisotopic (exact) mass is 486 g/mol. The van der Waals surface area contributed by atoms with Gasteiger partial charge in [-0.05, 0) is 104 Å². The Hall–Kier alpha value is -1.20. The zero-order valence-electron chi connectivity index (χ0n) is 22.6. The number of rotatable bonds is 2. The van der Waals surface area contributed by atoms with E-state index < -0.39 is 22.9 Å². The fourth-order valence-corrected chi connectivity index (χ4v) is 10.4. The van der Waals surface area contributed by atoms with E-state index in [-0.39, 0.29) is 51.8 Å². The fraction of sp³-hybridized carbons (Fsp3) is 0.867. The Bertz CT molecular complexity index is 987. The molecular weight excluding hydrogens is 440 g/mol. The van der Waals surface area contributed by atoms with Crippen LogP contribution in [0.2, 0.25) is 0 Å². The molecule has 0 spiro atoms. The van der Waals surface area contributed by atoms with E-state index in [0.29, 0.717) is 19.3 Å². The van der Waals surface area contributed by atoms with Crippen molar-refractivity contribution >= 4 is 11.8 Å². The molecular formula is C30H46O5. The second kappa shape index (κ2) is 7.43. The van der Waals surface area contributed by atoms with E-state index in [9.17, 15) is 24.9 Å². The smallest absolute Gasteiger partial charge is 0.309 e. The lowest BCUT2D eigenvalue weighted by atomic mass is 9.33. The Balaban J connectivity index is 1.62. The molecule has 3 N–H and O–H groups in total. The third kappa shape index (κ3) is 3.00. The number of hydrogen-bond acceptors (Lipinski definition) is 4. The molecule has 5 aliphatic carbocycles. The van der Waals surface area contributed by atoms with Gasteiger partial charge in [-0.1, -0.05) is 40.2 Å². The van der Waals surface area contributed by atoms with Crippen molar-refractivity contribution in [2.45, 2.75) is 105 Å². The molecule has 0 unspecified atom stereocenters. The van der Waals surface area contributed by atoms with Crippen molar-refractivity contribution in [1.82, 2.24) is 0 Å². The van der Waals surface area contributed by atoms with Gasteiger partial charge in [0.05, 0.1) is 18.1 Å². The number of carboxylic acid groups (broad SMARTS) is 1. The standard InChI is InChI=1S/C30H46O5/c1-25-11-12-26(2,24(34)35)16-19(25)18-15-20(32)23-27(3)9-8-22(33)28(4,17-31)21(27)7-10-30(23,6)29(18,5)14-13-25/h15,19,21-23,31,33H,7-14,16-17H2,1-6H3,(H,34,35)/t19-,21-,22+,23-,25-,26+,27+,28-,29-,30-/m1/s1. The van der Waals surface area contributed by atoms with Gasteiger partial charge < -0.3 is 15.3 Å². The normalized spacial score (nSPS) is 55.7. The maximum absolute atomic E-state index is 14.2. The first kappa shape index (κ1) is 25.4. The molecule has 196 valence electrons. The Kier molecular flexibility index (Phi) is 5.40. The molecule has 0 heterocycles. The van der Waals surface area contributed by atoms with Crippen LogP contribution in [0.1, 0.15) is 99.3 Å². The lowest BCUT2D eigenvalue weighted by Gasteiger charge is -2.70. The van der Waals surface area contributed by atoms with Gasteiger partial charge in [0, 0.05) is 11.3 Å². The summed E-state index contributed by atoms with van der Waals surface area (Å²) in [6.07, 6.45) is 8.99. The molecule has 0 aromatic carbocycles. The predicted molar refractivity (Wildman–Crippen MR) is 134 cm³/mol. The molecule has 10 atom stereocenters. The summed E-state index contributed by atoms with van der Waals surface area (Å²) in [5.41, 5.74) is -0.676. The van der Waals surface area contributed by atoms with Crippen LogP contribution in [0, 0.1) is 50.2 Å². The minimum Gasteiger partial charge on any atom is -0.481 e. The summed E-state index contributed by atoms with van der Waals surface area (Å²) in [4.78, 5) is 26.5. The van der Waals surface area contributed by atoms with E-state index in [2.05, 4.69) is 27.7 Å². The van der Waals surface area contributed by atoms with Gasteiger partial charge in [-0.25, -0.2) is 0 Å². The lowest BCUT2D eigenvalue weighted by molar-refractivity contribution is -0.212. The van der Waals surface area contributed by atoms with Crippen LogP contribution in [0.4, 0.5) is 0 Å². The van der Waals surface area contributed by atoms with Crippen molar-refractivity contribution < 1.29 is 24.9 Å². The summed E-state index contributed by atoms with van der Waals surface area (Å²) in [7, 11) is 0. The molecule has 4 fully saturated rings. The predicted octanol–water partition coefficient (Wildman–Crippen LogP) is 5.39. The number of aliphatic hydroxyl groups excluding tert-OH is 2. The van der Waals surface area contributed by atoms with E-state index in [1.54, 1.807) is 0 Å². The first-order valence-electron chi connectivity index (χ1n) is 13.9. The van der Waals surface area contributed by atoms with Crippen LogP contribution in [-0.4, -0.2) is 39.8 Å². The van der Waals surface area contributed by atoms with Gasteiger partial charge in [0.15, 0.2) is 5.78 Å². The maximum atomic E-state index is 14.2. The van der Waals surface area contributed by atoms with Gasteiger partial charge in [0.2, 0.25) is 0 Å². The summed E-state index contributed by atoms with van der Waals surface area (Å²) in [6.45, 7) is 13.1. The number of allylic oxidation sites excluding steroid dienone is 2. The lowest BCUT2D eigenvalue weighted by Crippen LogP contribution is -2.67. The summed E-state index contributed by atoms with van der Waals surface area (Å²) >= 11 is 0. The van der Waals surface area contributed by atoms with Crippen molar-refractivity contribution in [3.8, 4) is 0 Å². The second-order valence-corrected chi connectivity index (χ2v) is 14.8. The third-order valence-corrected chi connectivity index (χ3v) is 13.2. The molecule has 4 saturated carbocycles. The maximum Gasteiger partial charge on any atom is 0.309 e. The highest BCUT2D eigenvalue weighted by atomic mass is 16.4. The van der Waals surface area contributed by atoms with E-state index in [1.165, 1.54) is 5.57 Å². The van der Waals surface area contributed by atoms with E-state index in [4.69, 9.17) is 0 Å². The SMILES string of the molecule is C[C@]1(C(=O)O)CC[C@]2(C)CC[C@]3(C)C(=CC(=O)[C@@H]4[C@@]5(C)CC[C@H](O)[C@](C)(CO)[C@@H]5CC[C@]43C)[C@H]2C1. The first-order valence-corrected chi connectivity index (χ1v) is 13.9. The number of carbonyl (C=O) groups is 2. The van der Waals surface area contributed by atoms with Crippen molar-refractivity contribution in [3.05, 3.63) is 11.6 Å². The van der Waals surface area contributed by atoms with Gasteiger partial charge >= 0.3 is 5.97 Å². The fourth-order valence-electron chi connectivity index (χ4n) is 10.4. The molecule has 5 aliphatic rings. The van der Waals surface area contributed by atoms with Crippen LogP contribution in [-0.2, 0) is 9.59 Å². The van der Waals surface area contributed by atoms with Crippen molar-refractivity contribution in [2.24, 2.45) is 50.2 Å². The molecule has 5 heteroatoms. The molecule has 35 heavy (non-hydrogen) atoms. The number of aliphatic carboxylic acids is 1. The van der Waals surface area contributed by atoms with Crippen molar-refractivity contribution in [2.75, 3.05) is 6.61 Å². The number of aliphatic hydroxyl groups is 2. The molecule has 0 aliphatic heterocycles. The van der Waals surface area contributed by atoms with E-state index in [1.807, 2.05) is 19.9 Å². The van der Waals surface area contributed by atoms with Crippen LogP contribution in [0.3, 0.4) is 0 Å². The zero-order chi connectivity index (χ0) is 25.8. The average Bonchev–Trinajstić information content (AvgIpc) is 2.79. The van der Waals surface area contributed by atoms with Crippen LogP contribution in [0.5, 0.6) is 0 Å². The Morgan fingerprint density at radius 2 is 1.63 bits per heavy atom. The van der Waals surface area contributed by atoms with Gasteiger partial charge in [0.25, 0.3) is 0 Å². The summed E-state index contributed by atoms with van der Waals surface area (Å²) in [6, 6.07) is 0. The molecule has 5 rings (SSSR count). The largest absolute Gasteiger partial charge is 0.481 e. The van der Waals surface area contributed by atoms with Gasteiger partial charge in [0.1, 0.15) is 0 Å². The molecule has 0 saturated heterocycles. The molecule has 0 amide bonds. The van der Waals surface area contributed by atoms with Crippen molar-refractivity contribution in [1.29, 1.82) is 0 Å². The van der Waals surface area contributed by atoms with Crippen LogP contribution >= 0.6 is 0 Å². The molecule has 0 radical (unpaired) electrons. The van der Waals surface area contributed by atoms with Gasteiger partial charge in [-0.3, -0.25) is 9.59 Å². The number of fused-ring (bicyclic) bond motifs is 7. The summed E-state index contributed by atoms with van der Waals surface area (Å²) in [5, 5.41) is 31.3. The third-order valence-electron chi connectivity index (χ3n) is 13.2.